The average molecular weight is 847 g/mol. The van der Waals surface area contributed by atoms with Gasteiger partial charge in [-0.3, -0.25) is 24.0 Å². The molecule has 2 heterocycles. The van der Waals surface area contributed by atoms with E-state index in [0.29, 0.717) is 11.3 Å². The highest BCUT2D eigenvalue weighted by atomic mass is 16.5. The number of aromatic nitrogens is 2. The lowest BCUT2D eigenvalue weighted by atomic mass is 10.1. The Balaban J connectivity index is 0.00000273. The van der Waals surface area contributed by atoms with Crippen LogP contribution in [0.15, 0.2) is 90.8 Å². The number of anilines is 4. The van der Waals surface area contributed by atoms with E-state index >= 15 is 0 Å². The largest absolute Gasteiger partial charge is 0.508 e. The minimum atomic E-state index is -1.42. The van der Waals surface area contributed by atoms with Gasteiger partial charge in [0.2, 0.25) is 5.91 Å². The summed E-state index contributed by atoms with van der Waals surface area (Å²) in [5, 5.41) is 59.6. The summed E-state index contributed by atoms with van der Waals surface area (Å²) in [6.45, 7) is 2.61. The number of hydrogen-bond acceptors (Lipinski definition) is 14. The predicted molar refractivity (Wildman–Crippen MR) is 223 cm³/mol. The number of pyridine rings is 2. The van der Waals surface area contributed by atoms with E-state index in [2.05, 4.69) is 36.6 Å². The van der Waals surface area contributed by atoms with E-state index < -0.39 is 59.1 Å². The number of hydrogen-bond donors (Lipinski definition) is 9. The number of aromatic carboxylic acids is 1. The Morgan fingerprint density at radius 3 is 1.69 bits per heavy atom. The molecule has 0 aliphatic heterocycles. The van der Waals surface area contributed by atoms with Crippen LogP contribution < -0.4 is 36.1 Å². The normalized spacial score (nSPS) is 10.4. The fourth-order valence-corrected chi connectivity index (χ4v) is 5.26. The molecule has 0 unspecified atom stereocenters. The van der Waals surface area contributed by atoms with Crippen LogP contribution >= 0.6 is 0 Å². The van der Waals surface area contributed by atoms with Gasteiger partial charge in [0.05, 0.1) is 67.5 Å². The van der Waals surface area contributed by atoms with Gasteiger partial charge < -0.3 is 56.5 Å². The van der Waals surface area contributed by atoms with Crippen molar-refractivity contribution in [3.8, 4) is 34.8 Å². The van der Waals surface area contributed by atoms with Crippen molar-refractivity contribution in [2.45, 2.75) is 13.8 Å². The van der Waals surface area contributed by atoms with Crippen molar-refractivity contribution >= 4 is 64.3 Å². The number of carbonyl (C=O) groups excluding carboxylic acids is 5. The van der Waals surface area contributed by atoms with E-state index in [4.69, 9.17) is 14.7 Å². The van der Waals surface area contributed by atoms with Gasteiger partial charge in [0.15, 0.2) is 23.0 Å². The van der Waals surface area contributed by atoms with Crippen LogP contribution in [0.3, 0.4) is 0 Å². The van der Waals surface area contributed by atoms with Crippen molar-refractivity contribution in [3.63, 3.8) is 0 Å². The van der Waals surface area contributed by atoms with E-state index in [1.165, 1.54) is 81.0 Å². The smallest absolute Gasteiger partial charge is 0.339 e. The van der Waals surface area contributed by atoms with E-state index in [1.807, 2.05) is 0 Å². The summed E-state index contributed by atoms with van der Waals surface area (Å²) in [4.78, 5) is 83.2. The molecule has 0 aliphatic rings. The molecule has 20 nitrogen and oxygen atoms in total. The standard InChI is InChI=1S/C40H35N7O12.C2H3N/c1-20(16-21-4-8-24(48)9-5-21)36(52)45-23-7-12-29(41-18-23)38(54)43-19-31(49)44-22-6-13-30(42-17-22)39(55)47-28-14-10-25(32(50)34(28)58-2)37(53)46-27-15-11-26(40(56)57)33(51)35(27)59-3;1-2-3/h4-18,48,50-51H,19H2,1-3H3,(H,43,54)(H,44,49)(H,45,52)(H,46,53)(H,47,55)(H,56,57);1H3/b20-16+;. The van der Waals surface area contributed by atoms with Crippen LogP contribution in [0.25, 0.3) is 6.08 Å². The lowest BCUT2D eigenvalue weighted by Crippen LogP contribution is -2.33. The van der Waals surface area contributed by atoms with E-state index in [9.17, 15) is 49.2 Å². The Morgan fingerprint density at radius 1 is 0.677 bits per heavy atom. The van der Waals surface area contributed by atoms with Crippen LogP contribution in [0, 0.1) is 11.3 Å². The molecule has 5 rings (SSSR count). The van der Waals surface area contributed by atoms with Crippen LogP contribution in [0.4, 0.5) is 22.7 Å². The van der Waals surface area contributed by atoms with Crippen molar-refractivity contribution in [1.82, 2.24) is 15.3 Å². The molecule has 20 heteroatoms. The minimum absolute atomic E-state index is 0.0151. The van der Waals surface area contributed by atoms with Crippen molar-refractivity contribution in [1.29, 1.82) is 5.26 Å². The van der Waals surface area contributed by atoms with Gasteiger partial charge in [0.25, 0.3) is 23.6 Å². The van der Waals surface area contributed by atoms with Gasteiger partial charge in [-0.05, 0) is 79.2 Å². The Bertz CT molecular complexity index is 2570. The summed E-state index contributed by atoms with van der Waals surface area (Å²) in [5.41, 5.74) is 0.617. The summed E-state index contributed by atoms with van der Waals surface area (Å²) in [6.07, 6.45) is 4.12. The number of aromatic hydroxyl groups is 3. The number of nitrogens with one attached hydrogen (secondary N) is 5. The first-order chi connectivity index (χ1) is 29.6. The predicted octanol–water partition coefficient (Wildman–Crippen LogP) is 4.75. The molecule has 0 aliphatic carbocycles. The van der Waals surface area contributed by atoms with E-state index in [1.54, 1.807) is 31.2 Å². The molecule has 0 saturated heterocycles. The van der Waals surface area contributed by atoms with Gasteiger partial charge >= 0.3 is 5.97 Å². The number of amides is 5. The highest BCUT2D eigenvalue weighted by Gasteiger charge is 2.24. The van der Waals surface area contributed by atoms with Crippen LogP contribution in [0.5, 0.6) is 28.7 Å². The van der Waals surface area contributed by atoms with Gasteiger partial charge in [0, 0.05) is 12.5 Å². The van der Waals surface area contributed by atoms with Gasteiger partial charge in [-0.25, -0.2) is 14.8 Å². The highest BCUT2D eigenvalue weighted by molar-refractivity contribution is 6.10. The number of rotatable bonds is 14. The SMILES string of the molecule is CC#N.COc1c(NC(=O)c2ccc(NC(=O)c3ccc(NC(=O)CNC(=O)c4ccc(NC(=O)/C(C)=C/c5ccc(O)cc5)cn4)cn3)c(OC)c2O)ccc(C(=O)O)c1O. The first kappa shape index (κ1) is 45.7. The molecule has 0 bridgehead atoms. The molecule has 62 heavy (non-hydrogen) atoms. The maximum Gasteiger partial charge on any atom is 0.339 e. The highest BCUT2D eigenvalue weighted by Crippen LogP contribution is 2.40. The number of carboxylic acid groups (broad SMARTS) is 1. The number of ether oxygens (including phenoxy) is 2. The lowest BCUT2D eigenvalue weighted by Gasteiger charge is -2.16. The zero-order valence-electron chi connectivity index (χ0n) is 33.3. The molecule has 3 aromatic carbocycles. The molecule has 5 amide bonds. The summed E-state index contributed by atoms with van der Waals surface area (Å²) in [5.74, 6) is -6.62. The summed E-state index contributed by atoms with van der Waals surface area (Å²) in [7, 11) is 2.35. The molecule has 0 atom stereocenters. The molecule has 9 N–H and O–H groups in total. The molecule has 318 valence electrons. The number of carboxylic acids is 1. The molecular weight excluding hydrogens is 809 g/mol. The van der Waals surface area contributed by atoms with Crippen molar-refractivity contribution in [2.24, 2.45) is 0 Å². The molecule has 0 spiro atoms. The zero-order chi connectivity index (χ0) is 45.5. The Kier molecular flexibility index (Phi) is 15.6. The molecule has 0 saturated carbocycles. The molecule has 2 aromatic heterocycles. The monoisotopic (exact) mass is 846 g/mol. The van der Waals surface area contributed by atoms with Gasteiger partial charge in [-0.1, -0.05) is 12.1 Å². The quantitative estimate of drug-likeness (QED) is 0.0681. The van der Waals surface area contributed by atoms with E-state index in [-0.39, 0.29) is 51.3 Å². The Labute approximate surface area is 352 Å². The lowest BCUT2D eigenvalue weighted by molar-refractivity contribution is -0.115. The van der Waals surface area contributed by atoms with Crippen LogP contribution in [0.1, 0.15) is 61.1 Å². The number of nitriles is 1. The van der Waals surface area contributed by atoms with Crippen LogP contribution in [0.2, 0.25) is 0 Å². The average Bonchev–Trinajstić information content (AvgIpc) is 3.24. The summed E-state index contributed by atoms with van der Waals surface area (Å²) < 4.78 is 10.3. The summed E-state index contributed by atoms with van der Waals surface area (Å²) >= 11 is 0. The maximum absolute atomic E-state index is 13.1. The maximum atomic E-state index is 13.1. The molecule has 5 aromatic rings. The number of carbonyl (C=O) groups is 6. The molecule has 0 radical (unpaired) electrons. The second-order valence-corrected chi connectivity index (χ2v) is 12.5. The summed E-state index contributed by atoms with van der Waals surface area (Å²) in [6, 6.07) is 18.3. The van der Waals surface area contributed by atoms with Gasteiger partial charge in [-0.15, -0.1) is 0 Å². The van der Waals surface area contributed by atoms with Crippen molar-refractivity contribution in [2.75, 3.05) is 42.0 Å². The first-order valence-electron chi connectivity index (χ1n) is 17.9. The fraction of sp³-hybridized carbons (Fsp3) is 0.119. The second-order valence-electron chi connectivity index (χ2n) is 12.5. The first-order valence-corrected chi connectivity index (χ1v) is 17.9. The van der Waals surface area contributed by atoms with Crippen molar-refractivity contribution < 1.29 is 58.7 Å². The van der Waals surface area contributed by atoms with Gasteiger partial charge in [-0.2, -0.15) is 5.26 Å². The van der Waals surface area contributed by atoms with Crippen LogP contribution in [-0.2, 0) is 9.59 Å². The van der Waals surface area contributed by atoms with Gasteiger partial charge in [0.1, 0.15) is 22.7 Å². The molecular formula is C42H38N8O12. The number of phenols is 3. The zero-order valence-corrected chi connectivity index (χ0v) is 33.3. The third-order valence-corrected chi connectivity index (χ3v) is 8.22. The number of nitrogens with zero attached hydrogens (tertiary/aromatic N) is 3. The number of benzene rings is 3. The topological polar surface area (TPSA) is 312 Å². The third-order valence-electron chi connectivity index (χ3n) is 8.22. The second kappa shape index (κ2) is 21.1. The van der Waals surface area contributed by atoms with E-state index in [0.717, 1.165) is 18.7 Å². The number of phenolic OH excluding ortho intramolecular Hbond substituents is 2. The number of methoxy groups -OCH3 is 2. The van der Waals surface area contributed by atoms with Crippen LogP contribution in [-0.4, -0.2) is 86.7 Å². The molecule has 0 fully saturated rings. The fourth-order valence-electron chi connectivity index (χ4n) is 5.26. The third kappa shape index (κ3) is 11.8. The minimum Gasteiger partial charge on any atom is -0.508 e. The van der Waals surface area contributed by atoms with Crippen molar-refractivity contribution in [3.05, 3.63) is 119 Å². The Hall–Kier alpha value is -8.99. The Morgan fingerprint density at radius 2 is 1.18 bits per heavy atom.